The highest BCUT2D eigenvalue weighted by molar-refractivity contribution is 6.15. The first kappa shape index (κ1) is 16.1. The van der Waals surface area contributed by atoms with Gasteiger partial charge < -0.3 is 5.73 Å². The van der Waals surface area contributed by atoms with Crippen molar-refractivity contribution in [3.05, 3.63) is 102 Å². The Bertz CT molecular complexity index is 1080. The molecule has 1 aliphatic carbocycles. The number of nitrogen functional groups attached to an aromatic ring is 1. The molecule has 2 heteroatoms. The van der Waals surface area contributed by atoms with Crippen molar-refractivity contribution in [3.63, 3.8) is 0 Å². The molecule has 126 valence electrons. The monoisotopic (exact) mass is 337 g/mol. The molecule has 0 saturated carbocycles. The topological polar surface area (TPSA) is 43.1 Å². The van der Waals surface area contributed by atoms with Crippen LogP contribution in [0.25, 0.3) is 21.9 Å². The number of anilines is 1. The van der Waals surface area contributed by atoms with E-state index in [1.165, 1.54) is 16.5 Å². The van der Waals surface area contributed by atoms with Gasteiger partial charge in [-0.3, -0.25) is 4.79 Å². The van der Waals surface area contributed by atoms with Gasteiger partial charge in [0.25, 0.3) is 0 Å². The first-order valence-corrected chi connectivity index (χ1v) is 8.68. The predicted octanol–water partition coefficient (Wildman–Crippen LogP) is 5.51. The fraction of sp³-hybridized carbons (Fsp3) is 0.0417. The maximum absolute atomic E-state index is 11.5. The van der Waals surface area contributed by atoms with Gasteiger partial charge in [0.1, 0.15) is 0 Å². The third-order valence-electron chi connectivity index (χ3n) is 4.69. The van der Waals surface area contributed by atoms with Gasteiger partial charge in [-0.15, -0.1) is 0 Å². The summed E-state index contributed by atoms with van der Waals surface area (Å²) >= 11 is 0. The van der Waals surface area contributed by atoms with Crippen molar-refractivity contribution in [1.82, 2.24) is 0 Å². The summed E-state index contributed by atoms with van der Waals surface area (Å²) in [6.07, 6.45) is 0.580. The quantitative estimate of drug-likeness (QED) is 0.465. The first-order chi connectivity index (χ1) is 12.7. The molecule has 0 spiro atoms. The molecule has 26 heavy (non-hydrogen) atoms. The Morgan fingerprint density at radius 3 is 2.08 bits per heavy atom. The molecule has 0 saturated heterocycles. The van der Waals surface area contributed by atoms with Gasteiger partial charge in [-0.1, -0.05) is 84.9 Å². The van der Waals surface area contributed by atoms with Crippen LogP contribution in [0.3, 0.4) is 0 Å². The Hall–Kier alpha value is -3.39. The van der Waals surface area contributed by atoms with Gasteiger partial charge in [0.05, 0.1) is 0 Å². The summed E-state index contributed by atoms with van der Waals surface area (Å²) in [5.41, 5.74) is 11.0. The lowest BCUT2D eigenvalue weighted by Crippen LogP contribution is -1.92. The van der Waals surface area contributed by atoms with Crippen molar-refractivity contribution < 1.29 is 4.79 Å². The van der Waals surface area contributed by atoms with Crippen LogP contribution in [0.5, 0.6) is 0 Å². The Kier molecular flexibility index (Phi) is 4.24. The third kappa shape index (κ3) is 2.98. The number of Topliss-reactive ketones (excluding diaryl/α,β-unsaturated/α-hetero) is 1. The van der Waals surface area contributed by atoms with Gasteiger partial charge in [-0.2, -0.15) is 0 Å². The van der Waals surface area contributed by atoms with Crippen molar-refractivity contribution in [2.75, 3.05) is 5.73 Å². The van der Waals surface area contributed by atoms with Gasteiger partial charge in [0, 0.05) is 23.2 Å². The average Bonchev–Trinajstić information content (AvgIpc) is 3.01. The smallest absolute Gasteiger partial charge is 0.167 e. The molecule has 0 fully saturated rings. The minimum absolute atomic E-state index is 0.256. The Labute approximate surface area is 152 Å². The minimum Gasteiger partial charge on any atom is -0.398 e. The van der Waals surface area contributed by atoms with E-state index in [9.17, 15) is 4.79 Å². The second-order valence-corrected chi connectivity index (χ2v) is 6.37. The highest BCUT2D eigenvalue weighted by Gasteiger charge is 2.20. The van der Waals surface area contributed by atoms with E-state index in [0.717, 1.165) is 22.2 Å². The summed E-state index contributed by atoms with van der Waals surface area (Å²) in [7, 11) is 0. The van der Waals surface area contributed by atoms with Crippen LogP contribution in [-0.2, 0) is 6.42 Å². The summed E-state index contributed by atoms with van der Waals surface area (Å²) < 4.78 is 0. The van der Waals surface area contributed by atoms with Crippen molar-refractivity contribution in [2.45, 2.75) is 6.42 Å². The predicted molar refractivity (Wildman–Crippen MR) is 108 cm³/mol. The molecule has 0 bridgehead atoms. The zero-order valence-electron chi connectivity index (χ0n) is 14.4. The molecular formula is C24H19NO. The number of nitrogens with two attached hydrogens (primary N) is 1. The van der Waals surface area contributed by atoms with Crippen LogP contribution in [0.2, 0.25) is 0 Å². The normalized spacial score (nSPS) is 11.9. The van der Waals surface area contributed by atoms with Crippen molar-refractivity contribution in [3.8, 4) is 11.1 Å². The van der Waals surface area contributed by atoms with E-state index in [-0.39, 0.29) is 5.78 Å². The van der Waals surface area contributed by atoms with E-state index >= 15 is 0 Å². The Morgan fingerprint density at radius 2 is 1.31 bits per heavy atom. The van der Waals surface area contributed by atoms with Crippen LogP contribution in [0, 0.1) is 0 Å². The highest BCUT2D eigenvalue weighted by atomic mass is 16.1. The first-order valence-electron chi connectivity index (χ1n) is 8.68. The van der Waals surface area contributed by atoms with E-state index < -0.39 is 0 Å². The zero-order chi connectivity index (χ0) is 17.9. The van der Waals surface area contributed by atoms with E-state index in [1.807, 2.05) is 66.7 Å². The van der Waals surface area contributed by atoms with Gasteiger partial charge in [0.2, 0.25) is 0 Å². The fourth-order valence-corrected chi connectivity index (χ4v) is 3.44. The minimum atomic E-state index is 0.256. The van der Waals surface area contributed by atoms with Crippen LogP contribution < -0.4 is 5.73 Å². The maximum Gasteiger partial charge on any atom is 0.167 e. The summed E-state index contributed by atoms with van der Waals surface area (Å²) in [6, 6.07) is 30.1. The molecular weight excluding hydrogens is 318 g/mol. The van der Waals surface area contributed by atoms with Crippen LogP contribution in [0.4, 0.5) is 5.69 Å². The van der Waals surface area contributed by atoms with Crippen LogP contribution in [0.1, 0.15) is 15.9 Å². The van der Waals surface area contributed by atoms with E-state index in [0.29, 0.717) is 6.42 Å². The van der Waals surface area contributed by atoms with Crippen LogP contribution in [-0.4, -0.2) is 5.78 Å². The molecule has 0 aliphatic heterocycles. The lowest BCUT2D eigenvalue weighted by molar-refractivity contribution is 0.1000. The lowest BCUT2D eigenvalue weighted by Gasteiger charge is -2.03. The summed E-state index contributed by atoms with van der Waals surface area (Å²) in [5.74, 6) is 0.256. The molecule has 0 radical (unpaired) electrons. The number of hydrogen-bond acceptors (Lipinski definition) is 2. The fourth-order valence-electron chi connectivity index (χ4n) is 3.44. The van der Waals surface area contributed by atoms with Gasteiger partial charge in [0.15, 0.2) is 5.78 Å². The van der Waals surface area contributed by atoms with Gasteiger partial charge in [-0.05, 0) is 28.0 Å². The summed E-state index contributed by atoms with van der Waals surface area (Å²) in [5, 5.41) is 2.34. The van der Waals surface area contributed by atoms with Crippen molar-refractivity contribution in [1.29, 1.82) is 0 Å². The Balaban J connectivity index is 0.000000129. The van der Waals surface area contributed by atoms with Crippen molar-refractivity contribution >= 4 is 22.2 Å². The highest BCUT2D eigenvalue weighted by Crippen LogP contribution is 2.30. The second kappa shape index (κ2) is 6.85. The lowest BCUT2D eigenvalue weighted by atomic mass is 10.0. The van der Waals surface area contributed by atoms with E-state index in [2.05, 4.69) is 24.3 Å². The van der Waals surface area contributed by atoms with Gasteiger partial charge in [-0.25, -0.2) is 0 Å². The van der Waals surface area contributed by atoms with Crippen LogP contribution >= 0.6 is 0 Å². The number of rotatable bonds is 1. The molecule has 0 unspecified atom stereocenters. The molecule has 0 amide bonds. The summed E-state index contributed by atoms with van der Waals surface area (Å²) in [4.78, 5) is 11.5. The molecule has 4 aromatic carbocycles. The molecule has 0 atom stereocenters. The largest absolute Gasteiger partial charge is 0.398 e. The molecule has 2 N–H and O–H groups in total. The molecule has 4 aromatic rings. The number of benzene rings is 4. The SMILES string of the molecule is Nc1ccccc1-c1ccccc1.O=C1Cc2cccc3cccc1c23. The number of hydrogen-bond donors (Lipinski definition) is 1. The Morgan fingerprint density at radius 1 is 0.654 bits per heavy atom. The molecule has 0 aromatic heterocycles. The molecule has 5 rings (SSSR count). The molecule has 0 heterocycles. The number of para-hydroxylation sites is 1. The van der Waals surface area contributed by atoms with E-state index in [1.54, 1.807) is 0 Å². The standard InChI is InChI=1S/C12H11N.C12H8O/c13-12-9-5-4-8-11(12)10-6-2-1-3-7-10;13-11-7-9-5-1-3-8-4-2-6-10(11)12(8)9/h1-9H,13H2;1-6H,7H2. The third-order valence-corrected chi connectivity index (χ3v) is 4.69. The van der Waals surface area contributed by atoms with Crippen molar-refractivity contribution in [2.24, 2.45) is 0 Å². The van der Waals surface area contributed by atoms with Gasteiger partial charge >= 0.3 is 0 Å². The molecule has 1 aliphatic rings. The molecule has 2 nitrogen and oxygen atoms in total. The number of carbonyl (C=O) groups is 1. The maximum atomic E-state index is 11.5. The zero-order valence-corrected chi connectivity index (χ0v) is 14.4. The number of carbonyl (C=O) groups excluding carboxylic acids is 1. The van der Waals surface area contributed by atoms with E-state index in [4.69, 9.17) is 5.73 Å². The average molecular weight is 337 g/mol. The van der Waals surface area contributed by atoms with Crippen LogP contribution in [0.15, 0.2) is 91.0 Å². The number of ketones is 1. The summed E-state index contributed by atoms with van der Waals surface area (Å²) in [6.45, 7) is 0. The second-order valence-electron chi connectivity index (χ2n) is 6.37.